The van der Waals surface area contributed by atoms with Gasteiger partial charge in [-0.3, -0.25) is 10.1 Å². The van der Waals surface area contributed by atoms with Gasteiger partial charge in [0.15, 0.2) is 0 Å². The Morgan fingerprint density at radius 2 is 1.95 bits per heavy atom. The first-order valence-corrected chi connectivity index (χ1v) is 6.26. The van der Waals surface area contributed by atoms with Gasteiger partial charge >= 0.3 is 5.97 Å². The van der Waals surface area contributed by atoms with Crippen molar-refractivity contribution in [1.29, 1.82) is 0 Å². The number of hydrogen-bond donors (Lipinski definition) is 2. The van der Waals surface area contributed by atoms with Gasteiger partial charge in [0.1, 0.15) is 11.2 Å². The van der Waals surface area contributed by atoms with Gasteiger partial charge in [0, 0.05) is 6.07 Å². The maximum absolute atomic E-state index is 11.2. The van der Waals surface area contributed by atoms with Gasteiger partial charge in [-0.25, -0.2) is 4.79 Å². The van der Waals surface area contributed by atoms with Crippen molar-refractivity contribution in [3.05, 3.63) is 32.3 Å². The van der Waals surface area contributed by atoms with Gasteiger partial charge in [-0.1, -0.05) is 23.2 Å². The van der Waals surface area contributed by atoms with Gasteiger partial charge in [0.2, 0.25) is 0 Å². The molecule has 102 valence electrons. The van der Waals surface area contributed by atoms with Gasteiger partial charge in [-0.05, 0) is 25.3 Å². The third kappa shape index (κ3) is 2.46. The summed E-state index contributed by atoms with van der Waals surface area (Å²) < 4.78 is 0. The molecule has 1 aliphatic carbocycles. The van der Waals surface area contributed by atoms with Crippen molar-refractivity contribution in [3.63, 3.8) is 0 Å². The predicted molar refractivity (Wildman–Crippen MR) is 71.0 cm³/mol. The number of nitro benzene ring substituents is 1. The molecule has 2 rings (SSSR count). The van der Waals surface area contributed by atoms with Crippen LogP contribution in [0.5, 0.6) is 0 Å². The summed E-state index contributed by atoms with van der Waals surface area (Å²) in [5, 5.41) is 23.1. The molecule has 0 saturated heterocycles. The number of nitrogens with one attached hydrogen (secondary N) is 1. The van der Waals surface area contributed by atoms with Crippen LogP contribution in [0.1, 0.15) is 19.3 Å². The Morgan fingerprint density at radius 1 is 1.37 bits per heavy atom. The van der Waals surface area contributed by atoms with Crippen molar-refractivity contribution in [2.75, 3.05) is 5.32 Å². The lowest BCUT2D eigenvalue weighted by molar-refractivity contribution is -0.384. The van der Waals surface area contributed by atoms with Crippen LogP contribution >= 0.6 is 23.2 Å². The van der Waals surface area contributed by atoms with Crippen LogP contribution in [0.4, 0.5) is 11.4 Å². The van der Waals surface area contributed by atoms with Crippen molar-refractivity contribution in [2.45, 2.75) is 24.8 Å². The van der Waals surface area contributed by atoms with Crippen LogP contribution in [0.15, 0.2) is 12.1 Å². The number of carbonyl (C=O) groups is 1. The Kier molecular flexibility index (Phi) is 3.56. The van der Waals surface area contributed by atoms with Crippen LogP contribution in [0, 0.1) is 10.1 Å². The molecule has 0 unspecified atom stereocenters. The molecular weight excluding hydrogens is 295 g/mol. The molecule has 1 aliphatic rings. The molecule has 1 saturated carbocycles. The minimum absolute atomic E-state index is 0.0527. The Balaban J connectivity index is 2.41. The van der Waals surface area contributed by atoms with Crippen molar-refractivity contribution in [3.8, 4) is 0 Å². The van der Waals surface area contributed by atoms with Crippen LogP contribution in [0.2, 0.25) is 10.0 Å². The van der Waals surface area contributed by atoms with Crippen LogP contribution in [0.25, 0.3) is 0 Å². The van der Waals surface area contributed by atoms with E-state index in [4.69, 9.17) is 23.2 Å². The highest BCUT2D eigenvalue weighted by atomic mass is 35.5. The highest BCUT2D eigenvalue weighted by molar-refractivity contribution is 6.42. The highest BCUT2D eigenvalue weighted by Crippen LogP contribution is 2.40. The first kappa shape index (κ1) is 13.9. The lowest BCUT2D eigenvalue weighted by atomic mass is 9.76. The number of benzene rings is 1. The Bertz CT molecular complexity index is 558. The Labute approximate surface area is 118 Å². The van der Waals surface area contributed by atoms with Gasteiger partial charge in [0.05, 0.1) is 15.0 Å². The van der Waals surface area contributed by atoms with Crippen molar-refractivity contribution in [2.24, 2.45) is 0 Å². The third-order valence-electron chi connectivity index (χ3n) is 3.23. The van der Waals surface area contributed by atoms with E-state index in [0.29, 0.717) is 12.8 Å². The second kappa shape index (κ2) is 4.86. The van der Waals surface area contributed by atoms with E-state index in [-0.39, 0.29) is 21.4 Å². The summed E-state index contributed by atoms with van der Waals surface area (Å²) in [6.45, 7) is 0. The summed E-state index contributed by atoms with van der Waals surface area (Å²) in [5.74, 6) is -1.03. The molecule has 2 N–H and O–H groups in total. The summed E-state index contributed by atoms with van der Waals surface area (Å²) in [6, 6.07) is 2.39. The maximum Gasteiger partial charge on any atom is 0.329 e. The van der Waals surface area contributed by atoms with Gasteiger partial charge in [0.25, 0.3) is 5.69 Å². The van der Waals surface area contributed by atoms with Crippen molar-refractivity contribution >= 4 is 40.5 Å². The molecule has 19 heavy (non-hydrogen) atoms. The van der Waals surface area contributed by atoms with E-state index in [1.807, 2.05) is 0 Å². The average Bonchev–Trinajstić information content (AvgIpc) is 2.26. The van der Waals surface area contributed by atoms with Crippen LogP contribution in [-0.2, 0) is 4.79 Å². The standard InChI is InChI=1S/C11H10Cl2N2O4/c12-6-4-8(9(15(18)19)5-7(6)13)14-11(10(16)17)2-1-3-11/h4-5,14H,1-3H2,(H,16,17). The van der Waals surface area contributed by atoms with E-state index in [0.717, 1.165) is 12.5 Å². The lowest BCUT2D eigenvalue weighted by Gasteiger charge is -2.38. The van der Waals surface area contributed by atoms with Gasteiger partial charge in [-0.2, -0.15) is 0 Å². The number of aliphatic carboxylic acids is 1. The number of nitro groups is 1. The normalized spacial score (nSPS) is 16.5. The van der Waals surface area contributed by atoms with Crippen molar-refractivity contribution < 1.29 is 14.8 Å². The molecule has 0 atom stereocenters. The fourth-order valence-electron chi connectivity index (χ4n) is 1.97. The topological polar surface area (TPSA) is 92.5 Å². The van der Waals surface area contributed by atoms with Crippen LogP contribution < -0.4 is 5.32 Å². The summed E-state index contributed by atoms with van der Waals surface area (Å²) in [5.41, 5.74) is -1.37. The average molecular weight is 305 g/mol. The van der Waals surface area contributed by atoms with E-state index in [9.17, 15) is 20.0 Å². The summed E-state index contributed by atoms with van der Waals surface area (Å²) in [7, 11) is 0. The monoisotopic (exact) mass is 304 g/mol. The SMILES string of the molecule is O=C(O)C1(Nc2cc(Cl)c(Cl)cc2[N+](=O)[O-])CCC1. The summed E-state index contributed by atoms with van der Waals surface area (Å²) in [4.78, 5) is 21.6. The second-order valence-corrected chi connectivity index (χ2v) is 5.22. The quantitative estimate of drug-likeness (QED) is 0.657. The molecule has 0 spiro atoms. The molecule has 1 aromatic rings. The molecule has 1 fully saturated rings. The van der Waals surface area contributed by atoms with E-state index >= 15 is 0 Å². The number of anilines is 1. The molecule has 0 bridgehead atoms. The zero-order valence-electron chi connectivity index (χ0n) is 9.65. The fraction of sp³-hybridized carbons (Fsp3) is 0.364. The van der Waals surface area contributed by atoms with E-state index in [2.05, 4.69) is 5.32 Å². The highest BCUT2D eigenvalue weighted by Gasteiger charge is 2.45. The van der Waals surface area contributed by atoms with E-state index < -0.39 is 16.4 Å². The van der Waals surface area contributed by atoms with Gasteiger partial charge in [-0.15, -0.1) is 0 Å². The summed E-state index contributed by atoms with van der Waals surface area (Å²) >= 11 is 11.5. The first-order chi connectivity index (χ1) is 8.85. The molecule has 0 amide bonds. The third-order valence-corrected chi connectivity index (χ3v) is 3.95. The zero-order chi connectivity index (χ0) is 14.2. The molecule has 0 heterocycles. The number of hydrogen-bond acceptors (Lipinski definition) is 4. The van der Waals surface area contributed by atoms with Crippen LogP contribution in [0.3, 0.4) is 0 Å². The maximum atomic E-state index is 11.2. The van der Waals surface area contributed by atoms with Gasteiger partial charge < -0.3 is 10.4 Å². The lowest BCUT2D eigenvalue weighted by Crippen LogP contribution is -2.52. The Hall–Kier alpha value is -1.53. The van der Waals surface area contributed by atoms with E-state index in [1.54, 1.807) is 0 Å². The number of carboxylic acids is 1. The molecular formula is C11H10Cl2N2O4. The largest absolute Gasteiger partial charge is 0.480 e. The second-order valence-electron chi connectivity index (χ2n) is 4.41. The number of nitrogens with zero attached hydrogens (tertiary/aromatic N) is 1. The number of halogens is 2. The number of rotatable bonds is 4. The molecule has 0 aliphatic heterocycles. The fourth-order valence-corrected chi connectivity index (χ4v) is 2.29. The van der Waals surface area contributed by atoms with E-state index in [1.165, 1.54) is 6.07 Å². The molecule has 1 aromatic carbocycles. The zero-order valence-corrected chi connectivity index (χ0v) is 11.2. The summed E-state index contributed by atoms with van der Waals surface area (Å²) in [6.07, 6.45) is 1.59. The smallest absolute Gasteiger partial charge is 0.329 e. The predicted octanol–water partition coefficient (Wildman–Crippen LogP) is 3.32. The number of carboxylic acid groups (broad SMARTS) is 1. The Morgan fingerprint density at radius 3 is 2.37 bits per heavy atom. The first-order valence-electron chi connectivity index (χ1n) is 5.51. The minimum Gasteiger partial charge on any atom is -0.480 e. The molecule has 8 heteroatoms. The van der Waals surface area contributed by atoms with Crippen LogP contribution in [-0.4, -0.2) is 21.5 Å². The minimum atomic E-state index is -1.15. The van der Waals surface area contributed by atoms with Crippen molar-refractivity contribution in [1.82, 2.24) is 0 Å². The molecule has 0 radical (unpaired) electrons. The molecule has 6 nitrogen and oxygen atoms in total. The molecule has 0 aromatic heterocycles.